The number of oxazole rings is 1. The van der Waals surface area contributed by atoms with E-state index in [1.165, 1.54) is 0 Å². The van der Waals surface area contributed by atoms with Gasteiger partial charge in [-0.2, -0.15) is 0 Å². The highest BCUT2D eigenvalue weighted by Crippen LogP contribution is 2.19. The summed E-state index contributed by atoms with van der Waals surface area (Å²) in [6, 6.07) is 5.31. The fraction of sp³-hybridized carbons (Fsp3) is 0.417. The van der Waals surface area contributed by atoms with Gasteiger partial charge < -0.3 is 10.2 Å². The van der Waals surface area contributed by atoms with Crippen molar-refractivity contribution in [2.75, 3.05) is 11.5 Å². The summed E-state index contributed by atoms with van der Waals surface area (Å²) in [6.07, 6.45) is 0. The van der Waals surface area contributed by atoms with Crippen molar-refractivity contribution in [2.45, 2.75) is 19.6 Å². The van der Waals surface area contributed by atoms with E-state index in [0.717, 1.165) is 5.52 Å². The highest BCUT2D eigenvalue weighted by molar-refractivity contribution is 7.84. The molecule has 17 heavy (non-hydrogen) atoms. The molecule has 0 aliphatic carbocycles. The molecule has 0 radical (unpaired) electrons. The number of aromatic nitrogens is 1. The van der Waals surface area contributed by atoms with E-state index >= 15 is 0 Å². The van der Waals surface area contributed by atoms with Gasteiger partial charge in [0, 0.05) is 22.2 Å². The molecule has 1 aromatic heterocycles. The molecule has 5 heteroatoms. The maximum absolute atomic E-state index is 11.8. The van der Waals surface area contributed by atoms with Crippen LogP contribution in [0.25, 0.3) is 11.1 Å². The minimum Gasteiger partial charge on any atom is -0.440 e. The molecule has 2 N–H and O–H groups in total. The van der Waals surface area contributed by atoms with Crippen molar-refractivity contribution < 1.29 is 8.63 Å². The van der Waals surface area contributed by atoms with Crippen LogP contribution in [0, 0.1) is 5.92 Å². The van der Waals surface area contributed by atoms with Gasteiger partial charge >= 0.3 is 0 Å². The molecule has 0 fully saturated rings. The zero-order chi connectivity index (χ0) is 12.4. The van der Waals surface area contributed by atoms with E-state index in [-0.39, 0.29) is 0 Å². The Labute approximate surface area is 103 Å². The monoisotopic (exact) mass is 252 g/mol. The molecule has 0 amide bonds. The zero-order valence-corrected chi connectivity index (χ0v) is 10.8. The van der Waals surface area contributed by atoms with Crippen molar-refractivity contribution in [3.05, 3.63) is 24.1 Å². The van der Waals surface area contributed by atoms with E-state index in [2.05, 4.69) is 4.98 Å². The predicted octanol–water partition coefficient (Wildman–Crippen LogP) is 2.31. The van der Waals surface area contributed by atoms with Gasteiger partial charge in [0.1, 0.15) is 11.3 Å². The third kappa shape index (κ3) is 3.06. The van der Waals surface area contributed by atoms with Crippen molar-refractivity contribution in [3.8, 4) is 0 Å². The van der Waals surface area contributed by atoms with Crippen LogP contribution < -0.4 is 5.73 Å². The Morgan fingerprint density at radius 2 is 2.24 bits per heavy atom. The molecule has 0 saturated heterocycles. The van der Waals surface area contributed by atoms with E-state index in [4.69, 9.17) is 10.2 Å². The molecule has 1 heterocycles. The molecule has 0 bridgehead atoms. The van der Waals surface area contributed by atoms with Crippen LogP contribution in [0.3, 0.4) is 0 Å². The summed E-state index contributed by atoms with van der Waals surface area (Å²) in [5, 5.41) is 0. The summed E-state index contributed by atoms with van der Waals surface area (Å²) in [5.41, 5.74) is 7.73. The smallest absolute Gasteiger partial charge is 0.208 e. The van der Waals surface area contributed by atoms with Gasteiger partial charge in [-0.1, -0.05) is 13.8 Å². The minimum atomic E-state index is -0.921. The number of nitrogen functional groups attached to an aromatic ring is 1. The number of benzene rings is 1. The number of hydrogen-bond donors (Lipinski definition) is 1. The summed E-state index contributed by atoms with van der Waals surface area (Å²) < 4.78 is 17.3. The van der Waals surface area contributed by atoms with Crippen LogP contribution in [0.2, 0.25) is 0 Å². The Morgan fingerprint density at radius 1 is 1.47 bits per heavy atom. The fourth-order valence-corrected chi connectivity index (χ4v) is 2.88. The Balaban J connectivity index is 2.17. The van der Waals surface area contributed by atoms with Gasteiger partial charge in [0.15, 0.2) is 5.58 Å². The number of hydrogen-bond acceptors (Lipinski definition) is 4. The summed E-state index contributed by atoms with van der Waals surface area (Å²) in [5.74, 6) is 1.97. The van der Waals surface area contributed by atoms with E-state index in [1.807, 2.05) is 13.8 Å². The third-order valence-corrected chi connectivity index (χ3v) is 3.87. The second-order valence-corrected chi connectivity index (χ2v) is 5.98. The Kier molecular flexibility index (Phi) is 3.47. The van der Waals surface area contributed by atoms with Crippen molar-refractivity contribution in [1.29, 1.82) is 0 Å². The second kappa shape index (κ2) is 4.87. The van der Waals surface area contributed by atoms with E-state index < -0.39 is 10.8 Å². The van der Waals surface area contributed by atoms with E-state index in [0.29, 0.717) is 34.6 Å². The summed E-state index contributed by atoms with van der Waals surface area (Å²) in [6.45, 7) is 4.09. The van der Waals surface area contributed by atoms with Gasteiger partial charge in [-0.05, 0) is 24.1 Å². The number of nitrogens with two attached hydrogens (primary N) is 1. The molecule has 0 spiro atoms. The lowest BCUT2D eigenvalue weighted by Crippen LogP contribution is -2.06. The first-order valence-corrected chi connectivity index (χ1v) is 7.03. The largest absolute Gasteiger partial charge is 0.440 e. The van der Waals surface area contributed by atoms with Crippen molar-refractivity contribution in [3.63, 3.8) is 0 Å². The van der Waals surface area contributed by atoms with Crippen LogP contribution in [-0.2, 0) is 16.6 Å². The van der Waals surface area contributed by atoms with Crippen LogP contribution in [0.15, 0.2) is 22.6 Å². The zero-order valence-electron chi connectivity index (χ0n) is 9.97. The third-order valence-electron chi connectivity index (χ3n) is 2.26. The average molecular weight is 252 g/mol. The van der Waals surface area contributed by atoms with Crippen LogP contribution in [0.1, 0.15) is 19.7 Å². The molecule has 0 aliphatic rings. The highest BCUT2D eigenvalue weighted by atomic mass is 32.2. The van der Waals surface area contributed by atoms with Crippen molar-refractivity contribution in [2.24, 2.45) is 5.92 Å². The van der Waals surface area contributed by atoms with Gasteiger partial charge in [0.25, 0.3) is 0 Å². The number of nitrogens with zero attached hydrogens (tertiary/aromatic N) is 1. The Bertz CT molecular complexity index is 548. The molecule has 92 valence electrons. The van der Waals surface area contributed by atoms with Gasteiger partial charge in [-0.15, -0.1) is 0 Å². The lowest BCUT2D eigenvalue weighted by atomic mass is 10.3. The van der Waals surface area contributed by atoms with Crippen LogP contribution in [-0.4, -0.2) is 14.9 Å². The first-order valence-electron chi connectivity index (χ1n) is 5.54. The van der Waals surface area contributed by atoms with Gasteiger partial charge in [-0.25, -0.2) is 4.98 Å². The topological polar surface area (TPSA) is 69.1 Å². The molecule has 1 aromatic carbocycles. The van der Waals surface area contributed by atoms with Gasteiger partial charge in [0.2, 0.25) is 5.89 Å². The Hall–Kier alpha value is -1.36. The van der Waals surface area contributed by atoms with Crippen molar-refractivity contribution >= 4 is 27.6 Å². The maximum atomic E-state index is 11.8. The molecule has 1 unspecified atom stereocenters. The first-order chi connectivity index (χ1) is 8.04. The highest BCUT2D eigenvalue weighted by Gasteiger charge is 2.10. The van der Waals surface area contributed by atoms with Crippen LogP contribution >= 0.6 is 0 Å². The van der Waals surface area contributed by atoms with E-state index in [1.54, 1.807) is 18.2 Å². The predicted molar refractivity (Wildman–Crippen MR) is 70.0 cm³/mol. The second-order valence-electron chi connectivity index (χ2n) is 4.48. The molecular weight excluding hydrogens is 236 g/mol. The maximum Gasteiger partial charge on any atom is 0.208 e. The molecule has 4 nitrogen and oxygen atoms in total. The SMILES string of the molecule is CC(C)CS(=O)Cc1nc2cc(N)ccc2o1. The molecule has 2 aromatic rings. The summed E-state index contributed by atoms with van der Waals surface area (Å²) >= 11 is 0. The molecule has 0 aliphatic heterocycles. The number of rotatable bonds is 4. The normalized spacial score (nSPS) is 13.4. The Morgan fingerprint density at radius 3 is 2.94 bits per heavy atom. The van der Waals surface area contributed by atoms with Gasteiger partial charge in [0.05, 0.1) is 0 Å². The lowest BCUT2D eigenvalue weighted by molar-refractivity contribution is 0.551. The van der Waals surface area contributed by atoms with Crippen LogP contribution in [0.5, 0.6) is 0 Å². The minimum absolute atomic E-state index is 0.368. The number of fused-ring (bicyclic) bond motifs is 1. The standard InChI is InChI=1S/C12H16N2O2S/c1-8(2)6-17(15)7-12-14-10-5-9(13)3-4-11(10)16-12/h3-5,8H,6-7,13H2,1-2H3. The molecule has 0 saturated carbocycles. The lowest BCUT2D eigenvalue weighted by Gasteiger charge is -2.01. The quantitative estimate of drug-likeness (QED) is 0.848. The molecule has 1 atom stereocenters. The average Bonchev–Trinajstić information content (AvgIpc) is 2.57. The van der Waals surface area contributed by atoms with Crippen molar-refractivity contribution in [1.82, 2.24) is 4.98 Å². The van der Waals surface area contributed by atoms with Gasteiger partial charge in [-0.3, -0.25) is 4.21 Å². The molecule has 2 rings (SSSR count). The van der Waals surface area contributed by atoms with Crippen LogP contribution in [0.4, 0.5) is 5.69 Å². The summed E-state index contributed by atoms with van der Waals surface area (Å²) in [7, 11) is -0.921. The first kappa shape index (κ1) is 12.1. The number of anilines is 1. The van der Waals surface area contributed by atoms with E-state index in [9.17, 15) is 4.21 Å². The fourth-order valence-electron chi connectivity index (χ4n) is 1.62. The molecular formula is C12H16N2O2S. The summed E-state index contributed by atoms with van der Waals surface area (Å²) in [4.78, 5) is 4.28.